The number of esters is 1. The second-order valence-electron chi connectivity index (χ2n) is 5.04. The molecule has 0 saturated carbocycles. The summed E-state index contributed by atoms with van der Waals surface area (Å²) < 4.78 is 16.3. The molecule has 0 bridgehead atoms. The zero-order valence-corrected chi connectivity index (χ0v) is 12.5. The lowest BCUT2D eigenvalue weighted by Crippen LogP contribution is -2.10. The SMILES string of the molecule is COCc1c(C(=O)Oc2cccc(C)c2)oc2ccccc12. The normalized spacial score (nSPS) is 10.8. The summed E-state index contributed by atoms with van der Waals surface area (Å²) in [5, 5.41) is 0.862. The van der Waals surface area contributed by atoms with Crippen LogP contribution in [0.4, 0.5) is 0 Å². The van der Waals surface area contributed by atoms with Crippen LogP contribution < -0.4 is 4.74 Å². The molecule has 0 aliphatic carbocycles. The molecule has 0 fully saturated rings. The lowest BCUT2D eigenvalue weighted by molar-refractivity contribution is 0.0697. The molecule has 4 heteroatoms. The smallest absolute Gasteiger partial charge is 0.380 e. The Morgan fingerprint density at radius 2 is 1.95 bits per heavy atom. The fourth-order valence-electron chi connectivity index (χ4n) is 2.38. The van der Waals surface area contributed by atoms with Crippen molar-refractivity contribution in [2.75, 3.05) is 7.11 Å². The van der Waals surface area contributed by atoms with E-state index in [1.54, 1.807) is 19.2 Å². The lowest BCUT2D eigenvalue weighted by atomic mass is 10.1. The Kier molecular flexibility index (Phi) is 3.94. The van der Waals surface area contributed by atoms with Crippen molar-refractivity contribution in [3.8, 4) is 5.75 Å². The minimum Gasteiger partial charge on any atom is -0.449 e. The Labute approximate surface area is 128 Å². The van der Waals surface area contributed by atoms with Crippen LogP contribution in [0.5, 0.6) is 5.75 Å². The summed E-state index contributed by atoms with van der Waals surface area (Å²) in [5.41, 5.74) is 2.37. The number of para-hydroxylation sites is 1. The van der Waals surface area contributed by atoms with Crippen LogP contribution in [0.15, 0.2) is 52.9 Å². The fraction of sp³-hybridized carbons (Fsp3) is 0.167. The number of aryl methyl sites for hydroxylation is 1. The van der Waals surface area contributed by atoms with Gasteiger partial charge < -0.3 is 13.9 Å². The molecule has 22 heavy (non-hydrogen) atoms. The van der Waals surface area contributed by atoms with E-state index in [9.17, 15) is 4.79 Å². The third kappa shape index (κ3) is 2.73. The van der Waals surface area contributed by atoms with Crippen LogP contribution in [0, 0.1) is 6.92 Å². The van der Waals surface area contributed by atoms with Crippen molar-refractivity contribution < 1.29 is 18.7 Å². The summed E-state index contributed by atoms with van der Waals surface area (Å²) in [4.78, 5) is 12.4. The van der Waals surface area contributed by atoms with Gasteiger partial charge in [0.15, 0.2) is 0 Å². The highest BCUT2D eigenvalue weighted by atomic mass is 16.5. The zero-order chi connectivity index (χ0) is 15.5. The average molecular weight is 296 g/mol. The van der Waals surface area contributed by atoms with Crippen LogP contribution in [0.3, 0.4) is 0 Å². The zero-order valence-electron chi connectivity index (χ0n) is 12.5. The molecule has 0 atom stereocenters. The molecule has 0 spiro atoms. The lowest BCUT2D eigenvalue weighted by Gasteiger charge is -2.05. The number of furan rings is 1. The van der Waals surface area contributed by atoms with Gasteiger partial charge in [-0.25, -0.2) is 4.79 Å². The van der Waals surface area contributed by atoms with Crippen molar-refractivity contribution in [3.05, 3.63) is 65.4 Å². The Morgan fingerprint density at radius 3 is 2.73 bits per heavy atom. The fourth-order valence-corrected chi connectivity index (χ4v) is 2.38. The summed E-state index contributed by atoms with van der Waals surface area (Å²) in [6.45, 7) is 2.23. The van der Waals surface area contributed by atoms with E-state index in [2.05, 4.69) is 0 Å². The second kappa shape index (κ2) is 6.03. The van der Waals surface area contributed by atoms with Gasteiger partial charge >= 0.3 is 5.97 Å². The summed E-state index contributed by atoms with van der Waals surface area (Å²) >= 11 is 0. The second-order valence-corrected chi connectivity index (χ2v) is 5.04. The largest absolute Gasteiger partial charge is 0.449 e. The number of benzene rings is 2. The molecule has 3 rings (SSSR count). The molecular formula is C18H16O4. The first-order chi connectivity index (χ1) is 10.7. The molecule has 3 aromatic rings. The maximum absolute atomic E-state index is 12.4. The summed E-state index contributed by atoms with van der Waals surface area (Å²) in [6, 6.07) is 14.8. The maximum Gasteiger partial charge on any atom is 0.380 e. The van der Waals surface area contributed by atoms with Gasteiger partial charge in [-0.05, 0) is 30.7 Å². The van der Waals surface area contributed by atoms with Crippen molar-refractivity contribution in [2.24, 2.45) is 0 Å². The molecule has 0 radical (unpaired) electrons. The van der Waals surface area contributed by atoms with E-state index in [1.807, 2.05) is 43.3 Å². The van der Waals surface area contributed by atoms with Crippen LogP contribution in [0.25, 0.3) is 11.0 Å². The number of hydrogen-bond donors (Lipinski definition) is 0. The van der Waals surface area contributed by atoms with Gasteiger partial charge in [0.2, 0.25) is 5.76 Å². The Bertz CT molecular complexity index is 817. The van der Waals surface area contributed by atoms with Crippen LogP contribution in [0.1, 0.15) is 21.7 Å². The third-order valence-electron chi connectivity index (χ3n) is 3.37. The number of carbonyl (C=O) groups is 1. The Balaban J connectivity index is 1.98. The van der Waals surface area contributed by atoms with Crippen LogP contribution >= 0.6 is 0 Å². The van der Waals surface area contributed by atoms with Gasteiger partial charge in [0.05, 0.1) is 6.61 Å². The van der Waals surface area contributed by atoms with Gasteiger partial charge in [-0.15, -0.1) is 0 Å². The quantitative estimate of drug-likeness (QED) is 0.537. The van der Waals surface area contributed by atoms with Crippen molar-refractivity contribution in [1.29, 1.82) is 0 Å². The highest BCUT2D eigenvalue weighted by Crippen LogP contribution is 2.27. The predicted molar refractivity (Wildman–Crippen MR) is 83.1 cm³/mol. The number of hydrogen-bond acceptors (Lipinski definition) is 4. The standard InChI is InChI=1S/C18H16O4/c1-12-6-5-7-13(10-12)21-18(19)17-15(11-20-2)14-8-3-4-9-16(14)22-17/h3-10H,11H2,1-2H3. The van der Waals surface area contributed by atoms with E-state index >= 15 is 0 Å². The number of carbonyl (C=O) groups excluding carboxylic acids is 1. The molecule has 0 amide bonds. The minimum absolute atomic E-state index is 0.185. The van der Waals surface area contributed by atoms with E-state index in [4.69, 9.17) is 13.9 Å². The van der Waals surface area contributed by atoms with E-state index in [0.29, 0.717) is 16.9 Å². The first kappa shape index (κ1) is 14.4. The van der Waals surface area contributed by atoms with Gasteiger partial charge in [-0.1, -0.05) is 30.3 Å². The first-order valence-corrected chi connectivity index (χ1v) is 6.97. The molecule has 0 saturated heterocycles. The van der Waals surface area contributed by atoms with E-state index in [0.717, 1.165) is 10.9 Å². The Hall–Kier alpha value is -2.59. The average Bonchev–Trinajstić information content (AvgIpc) is 2.87. The first-order valence-electron chi connectivity index (χ1n) is 6.97. The van der Waals surface area contributed by atoms with Crippen LogP contribution in [0.2, 0.25) is 0 Å². The summed E-state index contributed by atoms with van der Waals surface area (Å²) in [6.07, 6.45) is 0. The van der Waals surface area contributed by atoms with E-state index in [1.165, 1.54) is 0 Å². The van der Waals surface area contributed by atoms with Gasteiger partial charge in [-0.2, -0.15) is 0 Å². The highest BCUT2D eigenvalue weighted by molar-refractivity contribution is 5.97. The molecule has 1 heterocycles. The van der Waals surface area contributed by atoms with Crippen LogP contribution in [-0.4, -0.2) is 13.1 Å². The molecule has 0 aliphatic heterocycles. The van der Waals surface area contributed by atoms with Crippen molar-refractivity contribution >= 4 is 16.9 Å². The van der Waals surface area contributed by atoms with Gasteiger partial charge in [-0.3, -0.25) is 0 Å². The van der Waals surface area contributed by atoms with Gasteiger partial charge in [0.25, 0.3) is 0 Å². The molecule has 2 aromatic carbocycles. The molecule has 112 valence electrons. The topological polar surface area (TPSA) is 48.7 Å². The van der Waals surface area contributed by atoms with Crippen molar-refractivity contribution in [2.45, 2.75) is 13.5 Å². The number of ether oxygens (including phenoxy) is 2. The molecule has 0 aliphatic rings. The van der Waals surface area contributed by atoms with Gasteiger partial charge in [0, 0.05) is 18.1 Å². The maximum atomic E-state index is 12.4. The monoisotopic (exact) mass is 296 g/mol. The van der Waals surface area contributed by atoms with Crippen molar-refractivity contribution in [3.63, 3.8) is 0 Å². The molecular weight excluding hydrogens is 280 g/mol. The van der Waals surface area contributed by atoms with Crippen LogP contribution in [-0.2, 0) is 11.3 Å². The number of fused-ring (bicyclic) bond motifs is 1. The van der Waals surface area contributed by atoms with E-state index < -0.39 is 5.97 Å². The molecule has 0 N–H and O–H groups in total. The molecule has 4 nitrogen and oxygen atoms in total. The summed E-state index contributed by atoms with van der Waals surface area (Å²) in [5.74, 6) is 0.159. The summed E-state index contributed by atoms with van der Waals surface area (Å²) in [7, 11) is 1.58. The highest BCUT2D eigenvalue weighted by Gasteiger charge is 2.22. The minimum atomic E-state index is -0.520. The third-order valence-corrected chi connectivity index (χ3v) is 3.37. The Morgan fingerprint density at radius 1 is 1.14 bits per heavy atom. The number of rotatable bonds is 4. The number of methoxy groups -OCH3 is 1. The van der Waals surface area contributed by atoms with E-state index in [-0.39, 0.29) is 12.4 Å². The molecule has 0 unspecified atom stereocenters. The molecule has 1 aromatic heterocycles. The van der Waals surface area contributed by atoms with Gasteiger partial charge in [0.1, 0.15) is 11.3 Å². The predicted octanol–water partition coefficient (Wildman–Crippen LogP) is 4.11. The van der Waals surface area contributed by atoms with Crippen molar-refractivity contribution in [1.82, 2.24) is 0 Å².